The lowest BCUT2D eigenvalue weighted by Gasteiger charge is -2.04. The molecule has 120 valence electrons. The van der Waals surface area contributed by atoms with E-state index in [0.29, 0.717) is 0 Å². The summed E-state index contributed by atoms with van der Waals surface area (Å²) in [6.45, 7) is 0.0688. The first kappa shape index (κ1) is 17.0. The third-order valence-electron chi connectivity index (χ3n) is 2.94. The van der Waals surface area contributed by atoms with Crippen molar-refractivity contribution in [2.45, 2.75) is 6.61 Å². The van der Waals surface area contributed by atoms with Gasteiger partial charge in [-0.05, 0) is 17.7 Å². The number of hydrogen-bond donors (Lipinski definition) is 1. The summed E-state index contributed by atoms with van der Waals surface area (Å²) in [5, 5.41) is 11.3. The van der Waals surface area contributed by atoms with Crippen LogP contribution in [0.3, 0.4) is 0 Å². The molecule has 0 aliphatic rings. The zero-order chi connectivity index (χ0) is 17.4. The molecule has 0 heterocycles. The lowest BCUT2D eigenvalue weighted by atomic mass is 10.1. The van der Waals surface area contributed by atoms with Crippen LogP contribution in [-0.4, -0.2) is 12.6 Å². The second-order valence-electron chi connectivity index (χ2n) is 4.64. The van der Waals surface area contributed by atoms with Crippen LogP contribution in [0.1, 0.15) is 16.7 Å². The summed E-state index contributed by atoms with van der Waals surface area (Å²) < 4.78 is 31.2. The van der Waals surface area contributed by atoms with E-state index in [4.69, 9.17) is 10.00 Å². The van der Waals surface area contributed by atoms with Gasteiger partial charge in [0.05, 0.1) is 12.1 Å². The Morgan fingerprint density at radius 2 is 1.79 bits per heavy atom. The summed E-state index contributed by atoms with van der Waals surface area (Å²) >= 11 is 0. The van der Waals surface area contributed by atoms with Crippen LogP contribution in [-0.2, 0) is 11.3 Å². The number of alkyl carbamates (subject to hydrolysis) is 1. The largest absolute Gasteiger partial charge is 0.445 e. The molecule has 24 heavy (non-hydrogen) atoms. The number of amides is 1. The quantitative estimate of drug-likeness (QED) is 0.882. The average Bonchev–Trinajstić information content (AvgIpc) is 2.60. The number of carbonyl (C=O) groups is 1. The molecule has 2 aromatic rings. The van der Waals surface area contributed by atoms with Crippen LogP contribution < -0.4 is 5.32 Å². The molecule has 0 saturated carbocycles. The van der Waals surface area contributed by atoms with Crippen molar-refractivity contribution in [1.82, 2.24) is 5.32 Å². The van der Waals surface area contributed by atoms with Crippen molar-refractivity contribution in [3.63, 3.8) is 0 Å². The van der Waals surface area contributed by atoms with Gasteiger partial charge in [0, 0.05) is 5.56 Å². The SMILES string of the molecule is N#Cc1cc(F)c(F)cc1C#CCNC(=O)OCc1ccccc1. The third-order valence-corrected chi connectivity index (χ3v) is 2.94. The molecule has 0 atom stereocenters. The predicted octanol–water partition coefficient (Wildman–Crippen LogP) is 3.11. The molecule has 0 radical (unpaired) electrons. The van der Waals surface area contributed by atoms with Gasteiger partial charge in [-0.3, -0.25) is 0 Å². The Bertz CT molecular complexity index is 834. The Labute approximate surface area is 137 Å². The van der Waals surface area contributed by atoms with Crippen LogP contribution in [0.4, 0.5) is 13.6 Å². The van der Waals surface area contributed by atoms with Gasteiger partial charge in [0.25, 0.3) is 0 Å². The Morgan fingerprint density at radius 1 is 1.12 bits per heavy atom. The Kier molecular flexibility index (Phi) is 5.88. The molecule has 4 nitrogen and oxygen atoms in total. The fourth-order valence-corrected chi connectivity index (χ4v) is 1.77. The molecule has 0 unspecified atom stereocenters. The van der Waals surface area contributed by atoms with Crippen LogP contribution in [0.15, 0.2) is 42.5 Å². The van der Waals surface area contributed by atoms with Gasteiger partial charge in [-0.2, -0.15) is 5.26 Å². The zero-order valence-corrected chi connectivity index (χ0v) is 12.5. The van der Waals surface area contributed by atoms with Crippen LogP contribution in [0.2, 0.25) is 0 Å². The Balaban J connectivity index is 1.87. The molecule has 0 bridgehead atoms. The van der Waals surface area contributed by atoms with Crippen molar-refractivity contribution < 1.29 is 18.3 Å². The van der Waals surface area contributed by atoms with E-state index in [9.17, 15) is 13.6 Å². The van der Waals surface area contributed by atoms with E-state index in [-0.39, 0.29) is 24.3 Å². The van der Waals surface area contributed by atoms with Crippen LogP contribution in [0, 0.1) is 34.8 Å². The van der Waals surface area contributed by atoms with Crippen molar-refractivity contribution in [3.05, 3.63) is 70.8 Å². The second kappa shape index (κ2) is 8.30. The van der Waals surface area contributed by atoms with E-state index in [0.717, 1.165) is 17.7 Å². The van der Waals surface area contributed by atoms with E-state index in [2.05, 4.69) is 17.2 Å². The topological polar surface area (TPSA) is 62.1 Å². The minimum Gasteiger partial charge on any atom is -0.445 e. The number of carbonyl (C=O) groups excluding carboxylic acids is 1. The van der Waals surface area contributed by atoms with E-state index < -0.39 is 17.7 Å². The van der Waals surface area contributed by atoms with Crippen LogP contribution in [0.25, 0.3) is 0 Å². The van der Waals surface area contributed by atoms with Gasteiger partial charge in [0.15, 0.2) is 11.6 Å². The van der Waals surface area contributed by atoms with E-state index in [1.54, 1.807) is 6.07 Å². The maximum absolute atomic E-state index is 13.2. The minimum atomic E-state index is -1.11. The highest BCUT2D eigenvalue weighted by Gasteiger charge is 2.07. The fourth-order valence-electron chi connectivity index (χ4n) is 1.77. The maximum atomic E-state index is 13.2. The summed E-state index contributed by atoms with van der Waals surface area (Å²) in [4.78, 5) is 11.5. The number of benzene rings is 2. The molecule has 0 aliphatic heterocycles. The number of nitrogens with one attached hydrogen (secondary N) is 1. The van der Waals surface area contributed by atoms with Gasteiger partial charge in [0.2, 0.25) is 0 Å². The normalized spacial score (nSPS) is 9.38. The molecule has 0 spiro atoms. The predicted molar refractivity (Wildman–Crippen MR) is 82.6 cm³/mol. The molecule has 0 saturated heterocycles. The van der Waals surface area contributed by atoms with Crippen LogP contribution in [0.5, 0.6) is 0 Å². The van der Waals surface area contributed by atoms with E-state index >= 15 is 0 Å². The standard InChI is InChI=1S/C18H12F2N2O2/c19-16-9-14(15(11-21)10-17(16)20)7-4-8-22-18(23)24-12-13-5-2-1-3-6-13/h1-3,5-6,9-10H,8,12H2,(H,22,23). The average molecular weight is 326 g/mol. The zero-order valence-electron chi connectivity index (χ0n) is 12.5. The summed E-state index contributed by atoms with van der Waals surface area (Å²) in [6, 6.07) is 12.5. The van der Waals surface area contributed by atoms with Crippen molar-refractivity contribution in [2.24, 2.45) is 0 Å². The summed E-state index contributed by atoms with van der Waals surface area (Å²) in [6.07, 6.45) is -0.654. The first-order chi connectivity index (χ1) is 11.6. The maximum Gasteiger partial charge on any atom is 0.408 e. The number of hydrogen-bond acceptors (Lipinski definition) is 3. The monoisotopic (exact) mass is 326 g/mol. The van der Waals surface area contributed by atoms with Crippen molar-refractivity contribution in [2.75, 3.05) is 6.54 Å². The van der Waals surface area contributed by atoms with Crippen molar-refractivity contribution in [1.29, 1.82) is 5.26 Å². The molecule has 0 aromatic heterocycles. The lowest BCUT2D eigenvalue weighted by molar-refractivity contribution is 0.141. The number of halogens is 2. The molecule has 2 aromatic carbocycles. The highest BCUT2D eigenvalue weighted by molar-refractivity contribution is 5.67. The molecular formula is C18H12F2N2O2. The molecular weight excluding hydrogens is 314 g/mol. The molecule has 0 aliphatic carbocycles. The van der Waals surface area contributed by atoms with Gasteiger partial charge < -0.3 is 10.1 Å². The second-order valence-corrected chi connectivity index (χ2v) is 4.64. The Hall–Kier alpha value is -3.38. The highest BCUT2D eigenvalue weighted by Crippen LogP contribution is 2.13. The summed E-state index contributed by atoms with van der Waals surface area (Å²) in [7, 11) is 0. The van der Waals surface area contributed by atoms with Gasteiger partial charge in [0.1, 0.15) is 12.7 Å². The van der Waals surface area contributed by atoms with Gasteiger partial charge in [-0.15, -0.1) is 0 Å². The van der Waals surface area contributed by atoms with Crippen LogP contribution >= 0.6 is 0 Å². The molecule has 6 heteroatoms. The van der Waals surface area contributed by atoms with E-state index in [1.807, 2.05) is 30.3 Å². The number of nitriles is 1. The third kappa shape index (κ3) is 4.82. The number of nitrogens with zero attached hydrogens (tertiary/aromatic N) is 1. The summed E-state index contributed by atoms with van der Waals surface area (Å²) in [5.41, 5.74) is 0.822. The summed E-state index contributed by atoms with van der Waals surface area (Å²) in [5.74, 6) is 2.86. The van der Waals surface area contributed by atoms with Gasteiger partial charge in [-0.25, -0.2) is 13.6 Å². The molecule has 1 amide bonds. The Morgan fingerprint density at radius 3 is 2.46 bits per heavy atom. The lowest BCUT2D eigenvalue weighted by Crippen LogP contribution is -2.24. The molecule has 1 N–H and O–H groups in total. The molecule has 0 fully saturated rings. The first-order valence-corrected chi connectivity index (χ1v) is 6.92. The number of rotatable bonds is 3. The highest BCUT2D eigenvalue weighted by atomic mass is 19.2. The number of ether oxygens (including phenoxy) is 1. The first-order valence-electron chi connectivity index (χ1n) is 6.92. The minimum absolute atomic E-state index is 0.0517. The molecule has 2 rings (SSSR count). The van der Waals surface area contributed by atoms with E-state index in [1.165, 1.54) is 0 Å². The fraction of sp³-hybridized carbons (Fsp3) is 0.111. The van der Waals surface area contributed by atoms with Crippen molar-refractivity contribution >= 4 is 6.09 Å². The smallest absolute Gasteiger partial charge is 0.408 e. The van der Waals surface area contributed by atoms with Gasteiger partial charge in [-0.1, -0.05) is 42.2 Å². The van der Waals surface area contributed by atoms with Gasteiger partial charge >= 0.3 is 6.09 Å². The van der Waals surface area contributed by atoms with Crippen molar-refractivity contribution in [3.8, 4) is 17.9 Å².